The van der Waals surface area contributed by atoms with Crippen LogP contribution in [0.3, 0.4) is 0 Å². The smallest absolute Gasteiger partial charge is 0.147 e. The molecule has 1 aromatic rings. The van der Waals surface area contributed by atoms with E-state index in [-0.39, 0.29) is 0 Å². The highest BCUT2D eigenvalue weighted by molar-refractivity contribution is 9.11. The Morgan fingerprint density at radius 3 is 2.35 bits per heavy atom. The molecule has 0 spiro atoms. The lowest BCUT2D eigenvalue weighted by Crippen LogP contribution is -2.40. The molecule has 1 aliphatic rings. The van der Waals surface area contributed by atoms with Crippen LogP contribution in [0, 0.1) is 5.92 Å². The highest BCUT2D eigenvalue weighted by atomic mass is 79.9. The number of nitrogens with one attached hydrogen (secondary N) is 1. The van der Waals surface area contributed by atoms with E-state index in [0.29, 0.717) is 6.04 Å². The van der Waals surface area contributed by atoms with Crippen LogP contribution in [0.1, 0.15) is 32.6 Å². The van der Waals surface area contributed by atoms with Gasteiger partial charge < -0.3 is 10.1 Å². The number of likely N-dealkylation sites (N-methyl/N-ethyl adjacent to an activating group) is 1. The van der Waals surface area contributed by atoms with E-state index in [0.717, 1.165) is 38.2 Å². The maximum Gasteiger partial charge on any atom is 0.147 e. The lowest BCUT2D eigenvalue weighted by atomic mass is 9.99. The Labute approximate surface area is 146 Å². The summed E-state index contributed by atoms with van der Waals surface area (Å²) in [5, 5.41) is 3.58. The van der Waals surface area contributed by atoms with Gasteiger partial charge in [-0.2, -0.15) is 0 Å². The van der Waals surface area contributed by atoms with E-state index in [9.17, 15) is 0 Å². The lowest BCUT2D eigenvalue weighted by Gasteiger charge is -2.25. The van der Waals surface area contributed by atoms with Gasteiger partial charge in [0.2, 0.25) is 0 Å². The van der Waals surface area contributed by atoms with Crippen molar-refractivity contribution in [3.63, 3.8) is 0 Å². The summed E-state index contributed by atoms with van der Waals surface area (Å²) >= 11 is 10.6. The Bertz CT molecular complexity index is 424. The van der Waals surface area contributed by atoms with Crippen molar-refractivity contribution in [2.24, 2.45) is 5.92 Å². The van der Waals surface area contributed by atoms with E-state index in [2.05, 4.69) is 60.0 Å². The molecule has 2 nitrogen and oxygen atoms in total. The van der Waals surface area contributed by atoms with Gasteiger partial charge in [0.05, 0.1) is 8.95 Å². The van der Waals surface area contributed by atoms with Crippen molar-refractivity contribution in [1.82, 2.24) is 5.32 Å². The van der Waals surface area contributed by atoms with Crippen molar-refractivity contribution in [2.45, 2.75) is 38.6 Å². The van der Waals surface area contributed by atoms with Gasteiger partial charge in [-0.15, -0.1) is 0 Å². The van der Waals surface area contributed by atoms with Crippen LogP contribution in [0.2, 0.25) is 0 Å². The molecule has 112 valence electrons. The van der Waals surface area contributed by atoms with Crippen molar-refractivity contribution in [2.75, 3.05) is 13.2 Å². The third kappa shape index (κ3) is 4.46. The molecule has 1 atom stereocenters. The molecule has 1 unspecified atom stereocenters. The molecule has 20 heavy (non-hydrogen) atoms. The Hall–Kier alpha value is 0.420. The van der Waals surface area contributed by atoms with Gasteiger partial charge in [-0.1, -0.05) is 35.7 Å². The molecule has 0 amide bonds. The van der Waals surface area contributed by atoms with Crippen molar-refractivity contribution in [3.05, 3.63) is 25.6 Å². The molecule has 1 fully saturated rings. The minimum absolute atomic E-state index is 0.449. The third-order valence-electron chi connectivity index (χ3n) is 3.81. The topological polar surface area (TPSA) is 21.3 Å². The Morgan fingerprint density at radius 2 is 1.80 bits per heavy atom. The number of rotatable bonds is 6. The molecule has 1 aromatic carbocycles. The standard InChI is InChI=1S/C15H20Br3NO/c1-2-19-14(10-5-3-4-6-10)9-20-15-12(17)7-11(16)8-13(15)18/h7-8,10,14,19H,2-6,9H2,1H3. The van der Waals surface area contributed by atoms with Crippen LogP contribution in [-0.4, -0.2) is 19.2 Å². The van der Waals surface area contributed by atoms with Gasteiger partial charge in [0.1, 0.15) is 12.4 Å². The Balaban J connectivity index is 2.01. The predicted molar refractivity (Wildman–Crippen MR) is 94.5 cm³/mol. The van der Waals surface area contributed by atoms with E-state index < -0.39 is 0 Å². The molecular formula is C15H20Br3NO. The maximum atomic E-state index is 6.07. The number of benzene rings is 1. The van der Waals surface area contributed by atoms with Crippen LogP contribution in [0.4, 0.5) is 0 Å². The Kier molecular flexibility index (Phi) is 6.85. The fourth-order valence-corrected chi connectivity index (χ4v) is 5.31. The molecule has 0 radical (unpaired) electrons. The van der Waals surface area contributed by atoms with E-state index >= 15 is 0 Å². The quantitative estimate of drug-likeness (QED) is 0.592. The van der Waals surface area contributed by atoms with E-state index in [1.165, 1.54) is 25.7 Å². The van der Waals surface area contributed by atoms with Crippen molar-refractivity contribution in [1.29, 1.82) is 0 Å². The average molecular weight is 470 g/mol. The first-order chi connectivity index (χ1) is 9.61. The highest BCUT2D eigenvalue weighted by Gasteiger charge is 2.25. The van der Waals surface area contributed by atoms with Gasteiger partial charge in [-0.25, -0.2) is 0 Å². The van der Waals surface area contributed by atoms with Crippen LogP contribution in [0.5, 0.6) is 5.75 Å². The molecule has 0 saturated heterocycles. The maximum absolute atomic E-state index is 6.07. The molecule has 1 N–H and O–H groups in total. The molecule has 0 aliphatic heterocycles. The summed E-state index contributed by atoms with van der Waals surface area (Å²) < 4.78 is 9.05. The second-order valence-corrected chi connectivity index (χ2v) is 7.84. The summed E-state index contributed by atoms with van der Waals surface area (Å²) in [4.78, 5) is 0. The Morgan fingerprint density at radius 1 is 1.20 bits per heavy atom. The number of hydrogen-bond donors (Lipinski definition) is 1. The molecule has 2 rings (SSSR count). The monoisotopic (exact) mass is 467 g/mol. The highest BCUT2D eigenvalue weighted by Crippen LogP contribution is 2.37. The minimum atomic E-state index is 0.449. The number of hydrogen-bond acceptors (Lipinski definition) is 2. The third-order valence-corrected chi connectivity index (χ3v) is 5.44. The van der Waals surface area contributed by atoms with Gasteiger partial charge in [0.25, 0.3) is 0 Å². The van der Waals surface area contributed by atoms with Crippen LogP contribution >= 0.6 is 47.8 Å². The molecule has 0 bridgehead atoms. The molecule has 5 heteroatoms. The summed E-state index contributed by atoms with van der Waals surface area (Å²) in [5.41, 5.74) is 0. The fraction of sp³-hybridized carbons (Fsp3) is 0.600. The zero-order valence-corrected chi connectivity index (χ0v) is 16.4. The van der Waals surface area contributed by atoms with Crippen molar-refractivity contribution in [3.8, 4) is 5.75 Å². The number of ether oxygens (including phenoxy) is 1. The van der Waals surface area contributed by atoms with Crippen LogP contribution in [0.15, 0.2) is 25.6 Å². The minimum Gasteiger partial charge on any atom is -0.490 e. The summed E-state index contributed by atoms with van der Waals surface area (Å²) in [6.07, 6.45) is 5.36. The first-order valence-electron chi connectivity index (χ1n) is 7.12. The fourth-order valence-electron chi connectivity index (χ4n) is 2.82. The number of halogens is 3. The lowest BCUT2D eigenvalue weighted by molar-refractivity contribution is 0.217. The van der Waals surface area contributed by atoms with Gasteiger partial charge in [-0.3, -0.25) is 0 Å². The second-order valence-electron chi connectivity index (χ2n) is 5.22. The zero-order chi connectivity index (χ0) is 14.5. The van der Waals surface area contributed by atoms with Gasteiger partial charge >= 0.3 is 0 Å². The van der Waals surface area contributed by atoms with E-state index in [4.69, 9.17) is 4.74 Å². The van der Waals surface area contributed by atoms with Gasteiger partial charge in [0.15, 0.2) is 0 Å². The normalized spacial score (nSPS) is 17.4. The molecule has 0 aromatic heterocycles. The molecule has 1 saturated carbocycles. The second kappa shape index (κ2) is 8.16. The molecule has 0 heterocycles. The van der Waals surface area contributed by atoms with Crippen molar-refractivity contribution < 1.29 is 4.74 Å². The van der Waals surface area contributed by atoms with E-state index in [1.54, 1.807) is 0 Å². The van der Waals surface area contributed by atoms with Crippen LogP contribution < -0.4 is 10.1 Å². The van der Waals surface area contributed by atoms with Crippen LogP contribution in [-0.2, 0) is 0 Å². The zero-order valence-electron chi connectivity index (χ0n) is 11.6. The average Bonchev–Trinajstić information content (AvgIpc) is 2.89. The summed E-state index contributed by atoms with van der Waals surface area (Å²) in [7, 11) is 0. The predicted octanol–water partition coefficient (Wildman–Crippen LogP) is 5.52. The van der Waals surface area contributed by atoms with E-state index in [1.807, 2.05) is 12.1 Å². The molecule has 1 aliphatic carbocycles. The summed E-state index contributed by atoms with van der Waals surface area (Å²) in [6, 6.07) is 4.47. The largest absolute Gasteiger partial charge is 0.490 e. The van der Waals surface area contributed by atoms with Crippen molar-refractivity contribution >= 4 is 47.8 Å². The first-order valence-corrected chi connectivity index (χ1v) is 9.50. The molecular weight excluding hydrogens is 450 g/mol. The van der Waals surface area contributed by atoms with Gasteiger partial charge in [0, 0.05) is 10.5 Å². The SMILES string of the molecule is CCNC(COc1c(Br)cc(Br)cc1Br)C1CCCC1. The first kappa shape index (κ1) is 16.8. The summed E-state index contributed by atoms with van der Waals surface area (Å²) in [5.74, 6) is 1.64. The van der Waals surface area contributed by atoms with Crippen LogP contribution in [0.25, 0.3) is 0 Å². The van der Waals surface area contributed by atoms with Gasteiger partial charge in [-0.05, 0) is 69.3 Å². The summed E-state index contributed by atoms with van der Waals surface area (Å²) in [6.45, 7) is 3.87.